The van der Waals surface area contributed by atoms with Crippen molar-refractivity contribution < 1.29 is 4.74 Å². The van der Waals surface area contributed by atoms with Gasteiger partial charge in [0.2, 0.25) is 0 Å². The minimum Gasteiger partial charge on any atom is -0.373 e. The maximum absolute atomic E-state index is 12.5. The van der Waals surface area contributed by atoms with Gasteiger partial charge in [0.05, 0.1) is 18.8 Å². The maximum atomic E-state index is 12.5. The highest BCUT2D eigenvalue weighted by Gasteiger charge is 2.28. The maximum Gasteiger partial charge on any atom is 0.293 e. The Morgan fingerprint density at radius 3 is 2.95 bits per heavy atom. The Kier molecular flexibility index (Phi) is 4.77. The topological polar surface area (TPSA) is 73.4 Å². The molecule has 1 aliphatic rings. The van der Waals surface area contributed by atoms with Gasteiger partial charge in [0.25, 0.3) is 5.56 Å². The Labute approximate surface area is 119 Å². The van der Waals surface area contributed by atoms with Gasteiger partial charge in [-0.15, -0.1) is 0 Å². The molecule has 2 unspecified atom stereocenters. The lowest BCUT2D eigenvalue weighted by atomic mass is 10.2. The molecule has 1 fully saturated rings. The number of nitrogens with zero attached hydrogens (tertiary/aromatic N) is 3. The molecule has 0 aliphatic carbocycles. The van der Waals surface area contributed by atoms with Gasteiger partial charge in [-0.25, -0.2) is 4.98 Å². The second-order valence-corrected chi connectivity index (χ2v) is 5.79. The summed E-state index contributed by atoms with van der Waals surface area (Å²) in [6.45, 7) is 8.56. The molecule has 20 heavy (non-hydrogen) atoms. The van der Waals surface area contributed by atoms with E-state index >= 15 is 0 Å². The highest BCUT2D eigenvalue weighted by atomic mass is 16.5. The van der Waals surface area contributed by atoms with Crippen LogP contribution in [0.5, 0.6) is 0 Å². The minimum atomic E-state index is -0.0364. The number of morpholine rings is 1. The van der Waals surface area contributed by atoms with E-state index in [9.17, 15) is 4.79 Å². The van der Waals surface area contributed by atoms with Crippen molar-refractivity contribution in [1.82, 2.24) is 9.55 Å². The summed E-state index contributed by atoms with van der Waals surface area (Å²) in [5.41, 5.74) is 5.63. The van der Waals surface area contributed by atoms with Crippen molar-refractivity contribution >= 4 is 5.82 Å². The Bertz CT molecular complexity index is 500. The number of rotatable bonds is 4. The van der Waals surface area contributed by atoms with Crippen LogP contribution in [-0.4, -0.2) is 41.4 Å². The summed E-state index contributed by atoms with van der Waals surface area (Å²) in [6.07, 6.45) is 3.40. The first-order chi connectivity index (χ1) is 9.52. The zero-order valence-electron chi connectivity index (χ0n) is 12.5. The summed E-state index contributed by atoms with van der Waals surface area (Å²) < 4.78 is 7.35. The smallest absolute Gasteiger partial charge is 0.293 e. The number of aromatic nitrogens is 2. The van der Waals surface area contributed by atoms with Crippen LogP contribution in [0.3, 0.4) is 0 Å². The van der Waals surface area contributed by atoms with E-state index < -0.39 is 0 Å². The van der Waals surface area contributed by atoms with Gasteiger partial charge in [0.15, 0.2) is 5.82 Å². The zero-order valence-corrected chi connectivity index (χ0v) is 12.5. The first-order valence-electron chi connectivity index (χ1n) is 7.16. The fourth-order valence-electron chi connectivity index (χ4n) is 2.43. The fraction of sp³-hybridized carbons (Fsp3) is 0.714. The van der Waals surface area contributed by atoms with Crippen molar-refractivity contribution in [2.24, 2.45) is 11.7 Å². The van der Waals surface area contributed by atoms with Gasteiger partial charge >= 0.3 is 0 Å². The van der Waals surface area contributed by atoms with Gasteiger partial charge in [-0.05, 0) is 12.8 Å². The molecule has 0 amide bonds. The Morgan fingerprint density at radius 2 is 2.30 bits per heavy atom. The summed E-state index contributed by atoms with van der Waals surface area (Å²) >= 11 is 0. The summed E-state index contributed by atoms with van der Waals surface area (Å²) in [5, 5.41) is 0. The third kappa shape index (κ3) is 3.19. The second kappa shape index (κ2) is 6.37. The number of hydrogen-bond donors (Lipinski definition) is 1. The van der Waals surface area contributed by atoms with Crippen LogP contribution in [0.1, 0.15) is 20.8 Å². The average Bonchev–Trinajstić information content (AvgIpc) is 2.42. The van der Waals surface area contributed by atoms with Gasteiger partial charge in [-0.1, -0.05) is 13.8 Å². The number of anilines is 1. The normalized spacial score (nSPS) is 23.4. The van der Waals surface area contributed by atoms with Crippen LogP contribution >= 0.6 is 0 Å². The standard InChI is InChI=1S/C14H24N4O2/c1-10(2)7-17-5-4-16-13(14(17)19)18-8-12(6-15)20-9-11(18)3/h4-5,10-12H,6-9,15H2,1-3H3. The van der Waals surface area contributed by atoms with Gasteiger partial charge in [0, 0.05) is 32.0 Å². The summed E-state index contributed by atoms with van der Waals surface area (Å²) in [6, 6.07) is 0.132. The first-order valence-corrected chi connectivity index (χ1v) is 7.16. The lowest BCUT2D eigenvalue weighted by Gasteiger charge is -2.38. The molecule has 2 heterocycles. The van der Waals surface area contributed by atoms with E-state index in [4.69, 9.17) is 10.5 Å². The SMILES string of the molecule is CC(C)Cn1ccnc(N2CC(CN)OCC2C)c1=O. The average molecular weight is 280 g/mol. The summed E-state index contributed by atoms with van der Waals surface area (Å²) in [4.78, 5) is 18.8. The molecular weight excluding hydrogens is 256 g/mol. The molecule has 0 radical (unpaired) electrons. The van der Waals surface area contributed by atoms with Gasteiger partial charge in [-0.2, -0.15) is 0 Å². The van der Waals surface area contributed by atoms with Crippen molar-refractivity contribution in [1.29, 1.82) is 0 Å². The highest BCUT2D eigenvalue weighted by molar-refractivity contribution is 5.38. The Balaban J connectivity index is 2.29. The largest absolute Gasteiger partial charge is 0.373 e. The van der Waals surface area contributed by atoms with E-state index in [-0.39, 0.29) is 17.7 Å². The monoisotopic (exact) mass is 280 g/mol. The van der Waals surface area contributed by atoms with E-state index in [1.165, 1.54) is 0 Å². The van der Waals surface area contributed by atoms with Gasteiger partial charge in [0.1, 0.15) is 0 Å². The Morgan fingerprint density at radius 1 is 1.55 bits per heavy atom. The van der Waals surface area contributed by atoms with Crippen LogP contribution < -0.4 is 16.2 Å². The lowest BCUT2D eigenvalue weighted by Crippen LogP contribution is -2.52. The van der Waals surface area contributed by atoms with Crippen molar-refractivity contribution in [3.8, 4) is 0 Å². The molecule has 2 N–H and O–H groups in total. The van der Waals surface area contributed by atoms with E-state index in [0.717, 1.165) is 0 Å². The second-order valence-electron chi connectivity index (χ2n) is 5.79. The van der Waals surface area contributed by atoms with E-state index in [1.54, 1.807) is 17.0 Å². The summed E-state index contributed by atoms with van der Waals surface area (Å²) in [7, 11) is 0. The molecule has 2 atom stereocenters. The molecule has 1 saturated heterocycles. The molecule has 1 aromatic heterocycles. The first kappa shape index (κ1) is 15.0. The number of ether oxygens (including phenoxy) is 1. The lowest BCUT2D eigenvalue weighted by molar-refractivity contribution is 0.0278. The third-order valence-electron chi connectivity index (χ3n) is 3.50. The van der Waals surface area contributed by atoms with Crippen molar-refractivity contribution in [2.75, 3.05) is 24.6 Å². The predicted octanol–water partition coefficient (Wildman–Crippen LogP) is 0.452. The molecule has 1 aromatic rings. The van der Waals surface area contributed by atoms with Crippen molar-refractivity contribution in [2.45, 2.75) is 39.5 Å². The van der Waals surface area contributed by atoms with Crippen LogP contribution in [0.4, 0.5) is 5.82 Å². The molecule has 112 valence electrons. The van der Waals surface area contributed by atoms with E-state index in [2.05, 4.69) is 18.8 Å². The van der Waals surface area contributed by atoms with Crippen LogP contribution in [0.15, 0.2) is 17.2 Å². The molecule has 0 aromatic carbocycles. The summed E-state index contributed by atoms with van der Waals surface area (Å²) in [5.74, 6) is 0.921. The number of hydrogen-bond acceptors (Lipinski definition) is 5. The quantitative estimate of drug-likeness (QED) is 0.867. The molecule has 0 bridgehead atoms. The van der Waals surface area contributed by atoms with E-state index in [1.807, 2.05) is 11.8 Å². The van der Waals surface area contributed by atoms with Crippen molar-refractivity contribution in [3.05, 3.63) is 22.7 Å². The van der Waals surface area contributed by atoms with E-state index in [0.29, 0.717) is 38.0 Å². The van der Waals surface area contributed by atoms with Crippen molar-refractivity contribution in [3.63, 3.8) is 0 Å². The molecule has 2 rings (SSSR count). The molecular formula is C14H24N4O2. The molecule has 6 nitrogen and oxygen atoms in total. The van der Waals surface area contributed by atoms with Gasteiger partial charge < -0.3 is 19.9 Å². The number of nitrogens with two attached hydrogens (primary N) is 1. The zero-order chi connectivity index (χ0) is 14.7. The highest BCUT2D eigenvalue weighted by Crippen LogP contribution is 2.16. The molecule has 0 spiro atoms. The Hall–Kier alpha value is -1.40. The predicted molar refractivity (Wildman–Crippen MR) is 78.9 cm³/mol. The van der Waals surface area contributed by atoms with Crippen LogP contribution in [0.25, 0.3) is 0 Å². The molecule has 0 saturated carbocycles. The molecule has 1 aliphatic heterocycles. The van der Waals surface area contributed by atoms with Crippen LogP contribution in [0.2, 0.25) is 0 Å². The third-order valence-corrected chi connectivity index (χ3v) is 3.50. The fourth-order valence-corrected chi connectivity index (χ4v) is 2.43. The van der Waals surface area contributed by atoms with Gasteiger partial charge in [-0.3, -0.25) is 4.79 Å². The van der Waals surface area contributed by atoms with Crippen LogP contribution in [-0.2, 0) is 11.3 Å². The minimum absolute atomic E-state index is 0.0360. The van der Waals surface area contributed by atoms with Crippen LogP contribution in [0, 0.1) is 5.92 Å². The molecule has 6 heteroatoms.